The smallest absolute Gasteiger partial charge is 0.254 e. The number of nitrogens with zero attached hydrogens (tertiary/aromatic N) is 1. The molecular formula is C20H20ClNO2. The average Bonchev–Trinajstić information content (AvgIpc) is 2.57. The van der Waals surface area contributed by atoms with Crippen LogP contribution in [0.25, 0.3) is 0 Å². The van der Waals surface area contributed by atoms with Gasteiger partial charge in [0.1, 0.15) is 6.29 Å². The maximum atomic E-state index is 13.2. The van der Waals surface area contributed by atoms with Gasteiger partial charge in [-0.2, -0.15) is 0 Å². The lowest BCUT2D eigenvalue weighted by atomic mass is 9.72. The largest absolute Gasteiger partial charge is 0.328 e. The van der Waals surface area contributed by atoms with E-state index in [1.54, 1.807) is 24.3 Å². The molecule has 0 N–H and O–H groups in total. The van der Waals surface area contributed by atoms with E-state index in [0.717, 1.165) is 31.1 Å². The van der Waals surface area contributed by atoms with E-state index < -0.39 is 0 Å². The summed E-state index contributed by atoms with van der Waals surface area (Å²) in [5.74, 6) is -0.0668. The summed E-state index contributed by atoms with van der Waals surface area (Å²) >= 11 is 6.05. The molecule has 0 heterocycles. The third-order valence-electron chi connectivity index (χ3n) is 4.82. The average molecular weight is 342 g/mol. The molecule has 0 bridgehead atoms. The predicted molar refractivity (Wildman–Crippen MR) is 95.0 cm³/mol. The number of carbonyl (C=O) groups is 2. The summed E-state index contributed by atoms with van der Waals surface area (Å²) in [4.78, 5) is 26.3. The fourth-order valence-corrected chi connectivity index (χ4v) is 3.51. The summed E-state index contributed by atoms with van der Waals surface area (Å²) in [5.41, 5.74) is 1.26. The van der Waals surface area contributed by atoms with Crippen LogP contribution in [0.5, 0.6) is 0 Å². The quantitative estimate of drug-likeness (QED) is 0.726. The predicted octanol–water partition coefficient (Wildman–Crippen LogP) is 4.49. The Hall–Kier alpha value is -2.13. The summed E-state index contributed by atoms with van der Waals surface area (Å²) in [5, 5.41) is 0.540. The van der Waals surface area contributed by atoms with Crippen molar-refractivity contribution in [3.8, 4) is 0 Å². The van der Waals surface area contributed by atoms with Crippen molar-refractivity contribution in [2.24, 2.45) is 0 Å². The van der Waals surface area contributed by atoms with Crippen LogP contribution >= 0.6 is 11.6 Å². The third kappa shape index (κ3) is 3.36. The lowest BCUT2D eigenvalue weighted by Crippen LogP contribution is -2.56. The van der Waals surface area contributed by atoms with Gasteiger partial charge < -0.3 is 9.69 Å². The van der Waals surface area contributed by atoms with Gasteiger partial charge in [0.05, 0.1) is 5.54 Å². The fourth-order valence-electron chi connectivity index (χ4n) is 3.32. The zero-order chi connectivity index (χ0) is 17.0. The Morgan fingerprint density at radius 1 is 1.12 bits per heavy atom. The second-order valence-corrected chi connectivity index (χ2v) is 6.77. The van der Waals surface area contributed by atoms with Crippen molar-refractivity contribution >= 4 is 23.8 Å². The first-order valence-electron chi connectivity index (χ1n) is 8.20. The standard InChI is InChI=1S/C20H20ClNO2/c21-18-9-4-8-17(14-18)19(24)22(15-16-6-2-1-3-7-16)20(12-13-23)10-5-11-20/h1-4,6-9,13-14H,5,10-12,15H2. The van der Waals surface area contributed by atoms with Gasteiger partial charge in [-0.25, -0.2) is 0 Å². The highest BCUT2D eigenvalue weighted by molar-refractivity contribution is 6.30. The number of amides is 1. The number of halogens is 1. The highest BCUT2D eigenvalue weighted by Gasteiger charge is 2.44. The molecule has 24 heavy (non-hydrogen) atoms. The van der Waals surface area contributed by atoms with E-state index in [2.05, 4.69) is 0 Å². The molecule has 0 atom stereocenters. The Bertz CT molecular complexity index is 725. The number of hydrogen-bond acceptors (Lipinski definition) is 2. The molecule has 0 spiro atoms. The van der Waals surface area contributed by atoms with Crippen LogP contribution in [-0.4, -0.2) is 22.6 Å². The van der Waals surface area contributed by atoms with Gasteiger partial charge >= 0.3 is 0 Å². The van der Waals surface area contributed by atoms with Gasteiger partial charge in [0.15, 0.2) is 0 Å². The Kier molecular flexibility index (Phi) is 5.00. The molecule has 124 valence electrons. The summed E-state index contributed by atoms with van der Waals surface area (Å²) in [6.45, 7) is 0.500. The Morgan fingerprint density at radius 2 is 1.88 bits per heavy atom. The van der Waals surface area contributed by atoms with Crippen molar-refractivity contribution in [3.05, 3.63) is 70.7 Å². The van der Waals surface area contributed by atoms with E-state index in [9.17, 15) is 9.59 Å². The highest BCUT2D eigenvalue weighted by Crippen LogP contribution is 2.41. The van der Waals surface area contributed by atoms with Crippen LogP contribution in [0.4, 0.5) is 0 Å². The summed E-state index contributed by atoms with van der Waals surface area (Å²) in [6.07, 6.45) is 4.09. The fraction of sp³-hybridized carbons (Fsp3) is 0.300. The molecule has 3 rings (SSSR count). The molecule has 1 saturated carbocycles. The zero-order valence-electron chi connectivity index (χ0n) is 13.5. The lowest BCUT2D eigenvalue weighted by molar-refractivity contribution is -0.111. The van der Waals surface area contributed by atoms with Gasteiger partial charge in [0.2, 0.25) is 0 Å². The Labute approximate surface area is 147 Å². The van der Waals surface area contributed by atoms with Crippen LogP contribution in [0.3, 0.4) is 0 Å². The van der Waals surface area contributed by atoms with Gasteiger partial charge in [0, 0.05) is 23.6 Å². The molecule has 0 radical (unpaired) electrons. The van der Waals surface area contributed by atoms with Crippen LogP contribution < -0.4 is 0 Å². The molecule has 4 heteroatoms. The first-order chi connectivity index (χ1) is 11.6. The van der Waals surface area contributed by atoms with Crippen molar-refractivity contribution in [2.75, 3.05) is 0 Å². The van der Waals surface area contributed by atoms with Crippen molar-refractivity contribution < 1.29 is 9.59 Å². The molecule has 3 nitrogen and oxygen atoms in total. The van der Waals surface area contributed by atoms with Crippen LogP contribution in [0.1, 0.15) is 41.6 Å². The van der Waals surface area contributed by atoms with Gasteiger partial charge in [-0.05, 0) is 43.0 Å². The SMILES string of the molecule is O=CCC1(N(Cc2ccccc2)C(=O)c2cccc(Cl)c2)CCC1. The van der Waals surface area contributed by atoms with Crippen LogP contribution in [0.15, 0.2) is 54.6 Å². The molecule has 1 amide bonds. The Morgan fingerprint density at radius 3 is 2.46 bits per heavy atom. The van der Waals surface area contributed by atoms with E-state index in [-0.39, 0.29) is 11.4 Å². The Balaban J connectivity index is 1.95. The molecule has 0 aliphatic heterocycles. The molecule has 0 aromatic heterocycles. The second kappa shape index (κ2) is 7.18. The van der Waals surface area contributed by atoms with Crippen LogP contribution in [0.2, 0.25) is 5.02 Å². The van der Waals surface area contributed by atoms with Crippen LogP contribution in [0, 0.1) is 0 Å². The second-order valence-electron chi connectivity index (χ2n) is 6.34. The highest BCUT2D eigenvalue weighted by atomic mass is 35.5. The number of hydrogen-bond donors (Lipinski definition) is 0. The molecule has 0 saturated heterocycles. The molecule has 2 aromatic carbocycles. The van der Waals surface area contributed by atoms with Crippen LogP contribution in [-0.2, 0) is 11.3 Å². The minimum Gasteiger partial charge on any atom is -0.328 e. The monoisotopic (exact) mass is 341 g/mol. The molecule has 2 aromatic rings. The minimum atomic E-state index is -0.364. The summed E-state index contributed by atoms with van der Waals surface area (Å²) < 4.78 is 0. The lowest BCUT2D eigenvalue weighted by Gasteiger charge is -2.49. The molecule has 0 unspecified atom stereocenters. The number of rotatable bonds is 6. The van der Waals surface area contributed by atoms with Crippen molar-refractivity contribution in [1.29, 1.82) is 0 Å². The van der Waals surface area contributed by atoms with Crippen molar-refractivity contribution in [1.82, 2.24) is 4.90 Å². The van der Waals surface area contributed by atoms with Gasteiger partial charge in [-0.3, -0.25) is 4.79 Å². The maximum absolute atomic E-state index is 13.2. The zero-order valence-corrected chi connectivity index (χ0v) is 14.2. The van der Waals surface area contributed by atoms with E-state index in [1.807, 2.05) is 35.2 Å². The first-order valence-corrected chi connectivity index (χ1v) is 8.57. The van der Waals surface area contributed by atoms with Gasteiger partial charge in [-0.1, -0.05) is 48.0 Å². The van der Waals surface area contributed by atoms with Crippen molar-refractivity contribution in [3.63, 3.8) is 0 Å². The van der Waals surface area contributed by atoms with E-state index in [4.69, 9.17) is 11.6 Å². The summed E-state index contributed by atoms with van der Waals surface area (Å²) in [7, 11) is 0. The van der Waals surface area contributed by atoms with E-state index in [0.29, 0.717) is 23.6 Å². The molecular weight excluding hydrogens is 322 g/mol. The maximum Gasteiger partial charge on any atom is 0.254 e. The summed E-state index contributed by atoms with van der Waals surface area (Å²) in [6, 6.07) is 16.9. The molecule has 1 fully saturated rings. The van der Waals surface area contributed by atoms with Gasteiger partial charge in [0.25, 0.3) is 5.91 Å². The topological polar surface area (TPSA) is 37.4 Å². The third-order valence-corrected chi connectivity index (χ3v) is 5.06. The minimum absolute atomic E-state index is 0.0668. The van der Waals surface area contributed by atoms with E-state index >= 15 is 0 Å². The van der Waals surface area contributed by atoms with Crippen molar-refractivity contribution in [2.45, 2.75) is 37.8 Å². The number of aldehydes is 1. The number of benzene rings is 2. The van der Waals surface area contributed by atoms with E-state index in [1.165, 1.54) is 0 Å². The molecule has 1 aliphatic carbocycles. The molecule has 1 aliphatic rings. The first kappa shape index (κ1) is 16.7. The normalized spacial score (nSPS) is 15.4. The van der Waals surface area contributed by atoms with Gasteiger partial charge in [-0.15, -0.1) is 0 Å². The number of carbonyl (C=O) groups excluding carboxylic acids is 2.